The van der Waals surface area contributed by atoms with Gasteiger partial charge >= 0.3 is 0 Å². The summed E-state index contributed by atoms with van der Waals surface area (Å²) in [5.41, 5.74) is 1.60. The molecule has 0 bridgehead atoms. The largest absolute Gasteiger partial charge is 0.438 e. The molecule has 0 radical (unpaired) electrons. The van der Waals surface area contributed by atoms with E-state index in [1.807, 2.05) is 24.3 Å². The Balaban J connectivity index is 2.02. The molecule has 0 saturated carbocycles. The van der Waals surface area contributed by atoms with Gasteiger partial charge in [-0.05, 0) is 18.6 Å². The van der Waals surface area contributed by atoms with Crippen molar-refractivity contribution in [2.45, 2.75) is 13.5 Å². The van der Waals surface area contributed by atoms with Crippen molar-refractivity contribution in [1.29, 1.82) is 0 Å². The van der Waals surface area contributed by atoms with Crippen LogP contribution >= 0.6 is 15.9 Å². The first-order chi connectivity index (χ1) is 8.18. The molecule has 0 atom stereocenters. The van der Waals surface area contributed by atoms with E-state index in [1.54, 1.807) is 6.92 Å². The van der Waals surface area contributed by atoms with Crippen LogP contribution in [-0.4, -0.2) is 10.9 Å². The van der Waals surface area contributed by atoms with Gasteiger partial charge in [0.15, 0.2) is 6.39 Å². The van der Waals surface area contributed by atoms with E-state index < -0.39 is 0 Å². The van der Waals surface area contributed by atoms with Crippen LogP contribution in [0.25, 0.3) is 0 Å². The summed E-state index contributed by atoms with van der Waals surface area (Å²) >= 11 is 3.42. The first kappa shape index (κ1) is 11.9. The second kappa shape index (κ2) is 5.14. The van der Waals surface area contributed by atoms with E-state index in [1.165, 1.54) is 6.39 Å². The van der Waals surface area contributed by atoms with Crippen molar-refractivity contribution in [3.05, 3.63) is 52.1 Å². The average molecular weight is 295 g/mol. The third-order valence-electron chi connectivity index (χ3n) is 2.35. The Kier molecular flexibility index (Phi) is 3.58. The molecule has 2 aromatic rings. The number of aryl methyl sites for hydroxylation is 1. The van der Waals surface area contributed by atoms with Gasteiger partial charge in [0.25, 0.3) is 5.91 Å². The molecule has 1 N–H and O–H groups in total. The lowest BCUT2D eigenvalue weighted by molar-refractivity contribution is 0.0922. The Hall–Kier alpha value is -1.62. The van der Waals surface area contributed by atoms with Gasteiger partial charge in [-0.25, -0.2) is 4.98 Å². The van der Waals surface area contributed by atoms with Crippen molar-refractivity contribution < 1.29 is 9.21 Å². The predicted octanol–water partition coefficient (Wildman–Crippen LogP) is 2.68. The number of oxazole rings is 1. The van der Waals surface area contributed by atoms with Crippen molar-refractivity contribution in [1.82, 2.24) is 10.3 Å². The number of nitrogens with zero attached hydrogens (tertiary/aromatic N) is 1. The van der Waals surface area contributed by atoms with Gasteiger partial charge in [-0.15, -0.1) is 0 Å². The van der Waals surface area contributed by atoms with Gasteiger partial charge in [0.2, 0.25) is 5.76 Å². The van der Waals surface area contributed by atoms with Crippen LogP contribution in [0.2, 0.25) is 0 Å². The monoisotopic (exact) mass is 294 g/mol. The second-order valence-electron chi connectivity index (χ2n) is 3.54. The van der Waals surface area contributed by atoms with Gasteiger partial charge < -0.3 is 9.73 Å². The molecule has 5 heteroatoms. The van der Waals surface area contributed by atoms with E-state index in [-0.39, 0.29) is 11.7 Å². The van der Waals surface area contributed by atoms with Gasteiger partial charge in [-0.2, -0.15) is 0 Å². The van der Waals surface area contributed by atoms with Gasteiger partial charge in [0.05, 0.1) is 5.69 Å². The number of aromatic nitrogens is 1. The van der Waals surface area contributed by atoms with E-state index in [4.69, 9.17) is 4.42 Å². The number of hydrogen-bond donors (Lipinski definition) is 1. The van der Waals surface area contributed by atoms with E-state index in [0.717, 1.165) is 10.0 Å². The maximum absolute atomic E-state index is 11.8. The third kappa shape index (κ3) is 2.74. The van der Waals surface area contributed by atoms with E-state index >= 15 is 0 Å². The Labute approximate surface area is 107 Å². The fraction of sp³-hybridized carbons (Fsp3) is 0.167. The SMILES string of the molecule is Cc1ncoc1C(=O)NCc1ccccc1Br. The highest BCUT2D eigenvalue weighted by molar-refractivity contribution is 9.10. The Bertz CT molecular complexity index is 537. The maximum atomic E-state index is 11.8. The maximum Gasteiger partial charge on any atom is 0.289 e. The Morgan fingerprint density at radius 1 is 1.47 bits per heavy atom. The lowest BCUT2D eigenvalue weighted by Crippen LogP contribution is -2.23. The molecule has 1 aromatic carbocycles. The van der Waals surface area contributed by atoms with Crippen molar-refractivity contribution >= 4 is 21.8 Å². The smallest absolute Gasteiger partial charge is 0.289 e. The quantitative estimate of drug-likeness (QED) is 0.947. The third-order valence-corrected chi connectivity index (χ3v) is 3.12. The van der Waals surface area contributed by atoms with Gasteiger partial charge in [0.1, 0.15) is 0 Å². The number of carbonyl (C=O) groups excluding carboxylic acids is 1. The average Bonchev–Trinajstić information content (AvgIpc) is 2.74. The van der Waals surface area contributed by atoms with E-state index in [0.29, 0.717) is 12.2 Å². The van der Waals surface area contributed by atoms with Crippen LogP contribution in [0.1, 0.15) is 21.8 Å². The number of rotatable bonds is 3. The molecule has 1 amide bonds. The molecule has 17 heavy (non-hydrogen) atoms. The normalized spacial score (nSPS) is 10.2. The number of nitrogens with one attached hydrogen (secondary N) is 1. The molecular weight excluding hydrogens is 284 g/mol. The molecule has 0 saturated heterocycles. The number of carbonyl (C=O) groups is 1. The van der Waals surface area contributed by atoms with Crippen LogP contribution in [0.5, 0.6) is 0 Å². The molecule has 0 spiro atoms. The lowest BCUT2D eigenvalue weighted by atomic mass is 10.2. The van der Waals surface area contributed by atoms with Gasteiger partial charge in [0, 0.05) is 11.0 Å². The summed E-state index contributed by atoms with van der Waals surface area (Å²) in [4.78, 5) is 15.6. The van der Waals surface area contributed by atoms with Crippen LogP contribution in [0.3, 0.4) is 0 Å². The highest BCUT2D eigenvalue weighted by Gasteiger charge is 2.13. The number of hydrogen-bond acceptors (Lipinski definition) is 3. The molecule has 1 aromatic heterocycles. The summed E-state index contributed by atoms with van der Waals surface area (Å²) in [6, 6.07) is 7.72. The number of amides is 1. The first-order valence-electron chi connectivity index (χ1n) is 5.10. The Morgan fingerprint density at radius 3 is 2.88 bits per heavy atom. The van der Waals surface area contributed by atoms with Crippen molar-refractivity contribution in [2.24, 2.45) is 0 Å². The molecule has 0 aliphatic heterocycles. The van der Waals surface area contributed by atoms with Crippen LogP contribution < -0.4 is 5.32 Å². The molecule has 4 nitrogen and oxygen atoms in total. The highest BCUT2D eigenvalue weighted by atomic mass is 79.9. The first-order valence-corrected chi connectivity index (χ1v) is 5.89. The zero-order chi connectivity index (χ0) is 12.3. The topological polar surface area (TPSA) is 55.1 Å². The molecule has 1 heterocycles. The molecule has 0 aliphatic rings. The van der Waals surface area contributed by atoms with Crippen LogP contribution in [0.15, 0.2) is 39.5 Å². The van der Waals surface area contributed by atoms with Crippen LogP contribution in [0.4, 0.5) is 0 Å². The molecule has 0 fully saturated rings. The minimum absolute atomic E-state index is 0.254. The van der Waals surface area contributed by atoms with Crippen LogP contribution in [0, 0.1) is 6.92 Å². The predicted molar refractivity (Wildman–Crippen MR) is 66.6 cm³/mol. The zero-order valence-electron chi connectivity index (χ0n) is 9.24. The lowest BCUT2D eigenvalue weighted by Gasteiger charge is -2.05. The van der Waals surface area contributed by atoms with Crippen molar-refractivity contribution in [3.8, 4) is 0 Å². The fourth-order valence-corrected chi connectivity index (χ4v) is 1.84. The number of benzene rings is 1. The molecule has 0 unspecified atom stereocenters. The highest BCUT2D eigenvalue weighted by Crippen LogP contribution is 2.15. The second-order valence-corrected chi connectivity index (χ2v) is 4.40. The minimum atomic E-state index is -0.254. The van der Waals surface area contributed by atoms with Crippen molar-refractivity contribution in [2.75, 3.05) is 0 Å². The van der Waals surface area contributed by atoms with Gasteiger partial charge in [-0.3, -0.25) is 4.79 Å². The van der Waals surface area contributed by atoms with Gasteiger partial charge in [-0.1, -0.05) is 34.1 Å². The summed E-state index contributed by atoms with van der Waals surface area (Å²) in [7, 11) is 0. The number of halogens is 1. The van der Waals surface area contributed by atoms with Crippen LogP contribution in [-0.2, 0) is 6.54 Å². The summed E-state index contributed by atoms with van der Waals surface area (Å²) in [5.74, 6) is 0.00723. The van der Waals surface area contributed by atoms with E-state index in [2.05, 4.69) is 26.2 Å². The summed E-state index contributed by atoms with van der Waals surface area (Å²) in [6.45, 7) is 2.18. The van der Waals surface area contributed by atoms with Crippen molar-refractivity contribution in [3.63, 3.8) is 0 Å². The molecule has 0 aliphatic carbocycles. The summed E-state index contributed by atoms with van der Waals surface area (Å²) in [5, 5.41) is 2.78. The molecule has 2 rings (SSSR count). The summed E-state index contributed by atoms with van der Waals surface area (Å²) in [6.07, 6.45) is 1.27. The molecule has 88 valence electrons. The minimum Gasteiger partial charge on any atom is -0.438 e. The molecular formula is C12H11BrN2O2. The fourth-order valence-electron chi connectivity index (χ4n) is 1.42. The zero-order valence-corrected chi connectivity index (χ0v) is 10.8. The standard InChI is InChI=1S/C12H11BrN2O2/c1-8-11(17-7-15-8)12(16)14-6-9-4-2-3-5-10(9)13/h2-5,7H,6H2,1H3,(H,14,16). The summed E-state index contributed by atoms with van der Waals surface area (Å²) < 4.78 is 5.98. The Morgan fingerprint density at radius 2 is 2.24 bits per heavy atom. The van der Waals surface area contributed by atoms with E-state index in [9.17, 15) is 4.79 Å².